The van der Waals surface area contributed by atoms with E-state index in [4.69, 9.17) is 9.47 Å². The van der Waals surface area contributed by atoms with Crippen molar-refractivity contribution in [2.75, 3.05) is 6.61 Å². The van der Waals surface area contributed by atoms with Gasteiger partial charge in [0, 0.05) is 24.8 Å². The number of aliphatic hydroxyl groups is 1. The van der Waals surface area contributed by atoms with E-state index in [0.717, 1.165) is 25.0 Å². The molecule has 1 aliphatic rings. The van der Waals surface area contributed by atoms with E-state index in [0.29, 0.717) is 12.2 Å². The van der Waals surface area contributed by atoms with Crippen molar-refractivity contribution in [3.63, 3.8) is 0 Å². The molecule has 1 saturated heterocycles. The van der Waals surface area contributed by atoms with Gasteiger partial charge in [-0.3, -0.25) is 4.98 Å². The zero-order valence-electron chi connectivity index (χ0n) is 11.7. The number of aromatic nitrogens is 1. The molecular formula is C15H23NO3. The van der Waals surface area contributed by atoms with Crippen molar-refractivity contribution in [1.29, 1.82) is 0 Å². The van der Waals surface area contributed by atoms with Gasteiger partial charge in [-0.1, -0.05) is 0 Å². The van der Waals surface area contributed by atoms with Crippen LogP contribution in [-0.2, 0) is 4.74 Å². The Kier molecular flexibility index (Phi) is 5.16. The Labute approximate surface area is 114 Å². The van der Waals surface area contributed by atoms with Crippen LogP contribution in [0.2, 0.25) is 0 Å². The van der Waals surface area contributed by atoms with Crippen molar-refractivity contribution < 1.29 is 14.6 Å². The van der Waals surface area contributed by atoms with Crippen molar-refractivity contribution in [2.45, 2.75) is 57.8 Å². The largest absolute Gasteiger partial charge is 0.489 e. The fourth-order valence-electron chi connectivity index (χ4n) is 2.33. The summed E-state index contributed by atoms with van der Waals surface area (Å²) in [5, 5.41) is 10.3. The van der Waals surface area contributed by atoms with Gasteiger partial charge in [0.25, 0.3) is 0 Å². The predicted octanol–water partition coefficient (Wildman–Crippen LogP) is 2.86. The minimum Gasteiger partial charge on any atom is -0.489 e. The molecule has 4 nitrogen and oxygen atoms in total. The summed E-state index contributed by atoms with van der Waals surface area (Å²) in [6.45, 7) is 4.75. The molecule has 2 rings (SSSR count). The Hall–Kier alpha value is -1.13. The Morgan fingerprint density at radius 2 is 2.26 bits per heavy atom. The lowest BCUT2D eigenvalue weighted by Gasteiger charge is -2.25. The Bertz CT molecular complexity index is 389. The molecule has 2 heterocycles. The molecule has 0 saturated carbocycles. The molecule has 2 unspecified atom stereocenters. The topological polar surface area (TPSA) is 51.6 Å². The number of aliphatic hydroxyl groups excluding tert-OH is 1. The van der Waals surface area contributed by atoms with Crippen LogP contribution in [0, 0.1) is 0 Å². The fraction of sp³-hybridized carbons (Fsp3) is 0.667. The van der Waals surface area contributed by atoms with Gasteiger partial charge in [-0.15, -0.1) is 0 Å². The van der Waals surface area contributed by atoms with Gasteiger partial charge in [-0.05, 0) is 39.2 Å². The van der Waals surface area contributed by atoms with Gasteiger partial charge in [0.05, 0.1) is 24.5 Å². The lowest BCUT2D eigenvalue weighted by atomic mass is 10.00. The smallest absolute Gasteiger partial charge is 0.138 e. The fourth-order valence-corrected chi connectivity index (χ4v) is 2.33. The summed E-state index contributed by atoms with van der Waals surface area (Å²) in [6.07, 6.45) is 7.09. The van der Waals surface area contributed by atoms with E-state index in [1.807, 2.05) is 19.9 Å². The van der Waals surface area contributed by atoms with Crippen LogP contribution >= 0.6 is 0 Å². The van der Waals surface area contributed by atoms with E-state index >= 15 is 0 Å². The lowest BCUT2D eigenvalue weighted by molar-refractivity contribution is -0.0156. The molecule has 0 aliphatic carbocycles. The summed E-state index contributed by atoms with van der Waals surface area (Å²) in [5.74, 6) is 0.705. The number of nitrogens with zero attached hydrogens (tertiary/aromatic N) is 1. The molecule has 1 aromatic heterocycles. The molecule has 0 aromatic carbocycles. The molecule has 1 aromatic rings. The van der Waals surface area contributed by atoms with E-state index in [9.17, 15) is 5.11 Å². The second-order valence-corrected chi connectivity index (χ2v) is 5.36. The van der Waals surface area contributed by atoms with E-state index in [1.165, 1.54) is 6.42 Å². The van der Waals surface area contributed by atoms with Crippen molar-refractivity contribution in [3.05, 3.63) is 24.0 Å². The first-order chi connectivity index (χ1) is 9.15. The Morgan fingerprint density at radius 1 is 1.42 bits per heavy atom. The first-order valence-corrected chi connectivity index (χ1v) is 7.06. The number of hydrogen-bond acceptors (Lipinski definition) is 4. The van der Waals surface area contributed by atoms with Crippen LogP contribution < -0.4 is 4.74 Å². The third-order valence-corrected chi connectivity index (χ3v) is 3.25. The monoisotopic (exact) mass is 265 g/mol. The second kappa shape index (κ2) is 6.87. The maximum atomic E-state index is 10.3. The third kappa shape index (κ3) is 4.48. The van der Waals surface area contributed by atoms with Crippen LogP contribution in [0.1, 0.15) is 51.2 Å². The normalized spacial score (nSPS) is 21.4. The van der Waals surface area contributed by atoms with Crippen molar-refractivity contribution in [3.8, 4) is 5.75 Å². The van der Waals surface area contributed by atoms with E-state index in [-0.39, 0.29) is 12.2 Å². The quantitative estimate of drug-likeness (QED) is 0.889. The molecule has 0 bridgehead atoms. The summed E-state index contributed by atoms with van der Waals surface area (Å²) >= 11 is 0. The zero-order valence-corrected chi connectivity index (χ0v) is 11.7. The molecule has 0 spiro atoms. The summed E-state index contributed by atoms with van der Waals surface area (Å²) in [6, 6.07) is 1.86. The van der Waals surface area contributed by atoms with E-state index < -0.39 is 6.10 Å². The van der Waals surface area contributed by atoms with Gasteiger partial charge in [-0.25, -0.2) is 0 Å². The SMILES string of the molecule is CC(C)Oc1cncc(C(O)CC2CCCCO2)c1. The summed E-state index contributed by atoms with van der Waals surface area (Å²) < 4.78 is 11.2. The van der Waals surface area contributed by atoms with Crippen LogP contribution in [0.25, 0.3) is 0 Å². The van der Waals surface area contributed by atoms with Crippen LogP contribution in [0.15, 0.2) is 18.5 Å². The zero-order chi connectivity index (χ0) is 13.7. The van der Waals surface area contributed by atoms with Crippen LogP contribution in [0.3, 0.4) is 0 Å². The Morgan fingerprint density at radius 3 is 2.95 bits per heavy atom. The average Bonchev–Trinajstić information content (AvgIpc) is 2.39. The molecule has 19 heavy (non-hydrogen) atoms. The molecule has 1 fully saturated rings. The van der Waals surface area contributed by atoms with Gasteiger partial charge in [0.15, 0.2) is 0 Å². The highest BCUT2D eigenvalue weighted by Gasteiger charge is 2.19. The molecule has 0 radical (unpaired) electrons. The maximum Gasteiger partial charge on any atom is 0.138 e. The first-order valence-electron chi connectivity index (χ1n) is 7.06. The van der Waals surface area contributed by atoms with Crippen LogP contribution in [0.4, 0.5) is 0 Å². The van der Waals surface area contributed by atoms with Gasteiger partial charge < -0.3 is 14.6 Å². The molecular weight excluding hydrogens is 242 g/mol. The molecule has 0 amide bonds. The first kappa shape index (κ1) is 14.3. The molecule has 106 valence electrons. The third-order valence-electron chi connectivity index (χ3n) is 3.25. The number of ether oxygens (including phenoxy) is 2. The van der Waals surface area contributed by atoms with Gasteiger partial charge >= 0.3 is 0 Å². The molecule has 1 N–H and O–H groups in total. The van der Waals surface area contributed by atoms with Gasteiger partial charge in [0.2, 0.25) is 0 Å². The highest BCUT2D eigenvalue weighted by molar-refractivity contribution is 5.25. The van der Waals surface area contributed by atoms with Gasteiger partial charge in [0.1, 0.15) is 5.75 Å². The average molecular weight is 265 g/mol. The van der Waals surface area contributed by atoms with E-state index in [2.05, 4.69) is 4.98 Å². The highest BCUT2D eigenvalue weighted by Crippen LogP contribution is 2.26. The van der Waals surface area contributed by atoms with Crippen molar-refractivity contribution in [2.24, 2.45) is 0 Å². The number of hydrogen-bond donors (Lipinski definition) is 1. The minimum absolute atomic E-state index is 0.107. The number of pyridine rings is 1. The molecule has 1 aliphatic heterocycles. The second-order valence-electron chi connectivity index (χ2n) is 5.36. The lowest BCUT2D eigenvalue weighted by Crippen LogP contribution is -2.21. The maximum absolute atomic E-state index is 10.3. The van der Waals surface area contributed by atoms with E-state index in [1.54, 1.807) is 12.4 Å². The predicted molar refractivity (Wildman–Crippen MR) is 73.2 cm³/mol. The molecule has 2 atom stereocenters. The number of rotatable bonds is 5. The summed E-state index contributed by atoms with van der Waals surface area (Å²) in [4.78, 5) is 4.13. The standard InChI is InChI=1S/C15H23NO3/c1-11(2)19-14-7-12(9-16-10-14)15(17)8-13-5-3-4-6-18-13/h7,9-11,13,15,17H,3-6,8H2,1-2H3. The van der Waals surface area contributed by atoms with Crippen LogP contribution in [-0.4, -0.2) is 28.9 Å². The summed E-state index contributed by atoms with van der Waals surface area (Å²) in [5.41, 5.74) is 0.798. The summed E-state index contributed by atoms with van der Waals surface area (Å²) in [7, 11) is 0. The molecule has 4 heteroatoms. The minimum atomic E-state index is -0.536. The van der Waals surface area contributed by atoms with Crippen LogP contribution in [0.5, 0.6) is 5.75 Å². The Balaban J connectivity index is 1.95. The van der Waals surface area contributed by atoms with Crippen molar-refractivity contribution >= 4 is 0 Å². The van der Waals surface area contributed by atoms with Crippen molar-refractivity contribution in [1.82, 2.24) is 4.98 Å². The highest BCUT2D eigenvalue weighted by atomic mass is 16.5. The van der Waals surface area contributed by atoms with Gasteiger partial charge in [-0.2, -0.15) is 0 Å².